The predicted octanol–water partition coefficient (Wildman–Crippen LogP) is -0.479. The Morgan fingerprint density at radius 2 is 1.57 bits per heavy atom. The third kappa shape index (κ3) is 5.92. The van der Waals surface area contributed by atoms with Gasteiger partial charge in [-0.1, -0.05) is 0 Å². The molecule has 3 aromatic rings. The molecule has 0 saturated heterocycles. The molecule has 35 heavy (non-hydrogen) atoms. The molecule has 1 heterocycles. The number of fused-ring (bicyclic) bond motifs is 2. The fourth-order valence-corrected chi connectivity index (χ4v) is 3.45. The van der Waals surface area contributed by atoms with Gasteiger partial charge in [-0.2, -0.15) is 0 Å². The third-order valence-corrected chi connectivity index (χ3v) is 5.29. The average Bonchev–Trinajstić information content (AvgIpc) is 2.86. The van der Waals surface area contributed by atoms with Gasteiger partial charge >= 0.3 is 0 Å². The Labute approximate surface area is 201 Å². The number of carbonyl (C=O) groups is 1. The summed E-state index contributed by atoms with van der Waals surface area (Å²) in [5.41, 5.74) is 0.844. The second-order valence-electron chi connectivity index (χ2n) is 7.72. The summed E-state index contributed by atoms with van der Waals surface area (Å²) in [7, 11) is 0. The summed E-state index contributed by atoms with van der Waals surface area (Å²) in [4.78, 5) is 25.9. The highest BCUT2D eigenvalue weighted by Crippen LogP contribution is 2.38. The molecule has 0 atom stereocenters. The SMILES string of the molecule is Cc1c(O)c(C=NCCNCCO)c2nc3c(O)ccc(C(=O)NCCNCCO)c3nc2c1O. The van der Waals surface area contributed by atoms with Crippen LogP contribution in [0.4, 0.5) is 0 Å². The number of aliphatic imine (C=N–C) groups is 1. The van der Waals surface area contributed by atoms with Crippen molar-refractivity contribution < 1.29 is 30.3 Å². The van der Waals surface area contributed by atoms with Crippen LogP contribution in [0.15, 0.2) is 17.1 Å². The zero-order valence-corrected chi connectivity index (χ0v) is 19.4. The largest absolute Gasteiger partial charge is 0.507 e. The van der Waals surface area contributed by atoms with Crippen LogP contribution in [-0.2, 0) is 0 Å². The lowest BCUT2D eigenvalue weighted by atomic mass is 10.0. The Bertz CT molecular complexity index is 1230. The van der Waals surface area contributed by atoms with Crippen LogP contribution in [0, 0.1) is 6.92 Å². The number of aromatic hydroxyl groups is 3. The van der Waals surface area contributed by atoms with Gasteiger partial charge < -0.3 is 41.5 Å². The van der Waals surface area contributed by atoms with Gasteiger partial charge in [-0.15, -0.1) is 0 Å². The van der Waals surface area contributed by atoms with E-state index in [-0.39, 0.29) is 69.2 Å². The molecule has 0 bridgehead atoms. The Balaban J connectivity index is 2.03. The number of aromatic nitrogens is 2. The number of aliphatic hydroxyl groups excluding tert-OH is 2. The van der Waals surface area contributed by atoms with Gasteiger partial charge in [-0.25, -0.2) is 9.97 Å². The quantitative estimate of drug-likeness (QED) is 0.0942. The standard InChI is InChI=1S/C23H30N6O6/c1-13-21(33)15(12-26-5-4-24-8-10-30)18-20(22(13)34)29-17-14(2-3-16(32)19(17)28-18)23(35)27-7-6-25-9-11-31/h2-3,12,24-25,30-34H,4-11H2,1H3,(H,27,35). The van der Waals surface area contributed by atoms with E-state index in [0.29, 0.717) is 39.3 Å². The molecule has 8 N–H and O–H groups in total. The summed E-state index contributed by atoms with van der Waals surface area (Å²) in [6.45, 7) is 4.00. The van der Waals surface area contributed by atoms with Crippen LogP contribution in [0.5, 0.6) is 17.2 Å². The van der Waals surface area contributed by atoms with Gasteiger partial charge in [-0.3, -0.25) is 9.79 Å². The lowest BCUT2D eigenvalue weighted by Crippen LogP contribution is -2.33. The first-order valence-electron chi connectivity index (χ1n) is 11.2. The molecule has 0 aliphatic rings. The van der Waals surface area contributed by atoms with E-state index in [4.69, 9.17) is 10.2 Å². The van der Waals surface area contributed by atoms with Crippen molar-refractivity contribution in [2.45, 2.75) is 6.92 Å². The molecule has 0 unspecified atom stereocenters. The van der Waals surface area contributed by atoms with Gasteiger partial charge in [0.2, 0.25) is 0 Å². The summed E-state index contributed by atoms with van der Waals surface area (Å²) in [5.74, 6) is -1.18. The van der Waals surface area contributed by atoms with Crippen LogP contribution < -0.4 is 16.0 Å². The molecule has 1 aromatic heterocycles. The van der Waals surface area contributed by atoms with E-state index >= 15 is 0 Å². The van der Waals surface area contributed by atoms with Crippen LogP contribution in [0.25, 0.3) is 22.1 Å². The van der Waals surface area contributed by atoms with Crippen LogP contribution in [-0.4, -0.2) is 100 Å². The minimum Gasteiger partial charge on any atom is -0.507 e. The summed E-state index contributed by atoms with van der Waals surface area (Å²) in [5, 5.41) is 58.1. The minimum absolute atomic E-state index is 0.00895. The first-order chi connectivity index (χ1) is 16.9. The zero-order valence-electron chi connectivity index (χ0n) is 19.4. The van der Waals surface area contributed by atoms with Crippen molar-refractivity contribution in [1.82, 2.24) is 25.9 Å². The number of phenols is 3. The van der Waals surface area contributed by atoms with Crippen molar-refractivity contribution >= 4 is 34.2 Å². The molecule has 1 amide bonds. The van der Waals surface area contributed by atoms with E-state index in [1.807, 2.05) is 0 Å². The molecule has 0 saturated carbocycles. The summed E-state index contributed by atoms with van der Waals surface area (Å²) in [6.07, 6.45) is 1.41. The Hall–Kier alpha value is -3.58. The van der Waals surface area contributed by atoms with E-state index < -0.39 is 5.91 Å². The van der Waals surface area contributed by atoms with E-state index in [2.05, 4.69) is 30.9 Å². The van der Waals surface area contributed by atoms with E-state index in [1.54, 1.807) is 0 Å². The Kier molecular flexibility index (Phi) is 9.09. The lowest BCUT2D eigenvalue weighted by Gasteiger charge is -2.13. The maximum atomic E-state index is 12.8. The molecule has 2 aromatic carbocycles. The number of rotatable bonds is 12. The number of hydrogen-bond donors (Lipinski definition) is 8. The van der Waals surface area contributed by atoms with Gasteiger partial charge in [0.05, 0.1) is 30.9 Å². The van der Waals surface area contributed by atoms with E-state index in [0.717, 1.165) is 0 Å². The van der Waals surface area contributed by atoms with Crippen LogP contribution in [0.1, 0.15) is 21.5 Å². The number of carbonyl (C=O) groups excluding carboxylic acids is 1. The molecule has 0 aliphatic carbocycles. The maximum absolute atomic E-state index is 12.8. The molecule has 0 radical (unpaired) electrons. The fraction of sp³-hybridized carbons (Fsp3) is 0.391. The van der Waals surface area contributed by atoms with Crippen molar-refractivity contribution in [1.29, 1.82) is 0 Å². The van der Waals surface area contributed by atoms with Gasteiger partial charge in [0, 0.05) is 44.5 Å². The second-order valence-corrected chi connectivity index (χ2v) is 7.72. The smallest absolute Gasteiger partial charge is 0.253 e. The van der Waals surface area contributed by atoms with Crippen LogP contribution in [0.2, 0.25) is 0 Å². The zero-order chi connectivity index (χ0) is 25.4. The highest BCUT2D eigenvalue weighted by molar-refractivity contribution is 6.10. The molecule has 188 valence electrons. The van der Waals surface area contributed by atoms with Crippen molar-refractivity contribution in [2.24, 2.45) is 4.99 Å². The number of nitrogens with zero attached hydrogens (tertiary/aromatic N) is 3. The molecule has 3 rings (SSSR count). The number of amides is 1. The number of aliphatic hydroxyl groups is 2. The van der Waals surface area contributed by atoms with Crippen LogP contribution in [0.3, 0.4) is 0 Å². The van der Waals surface area contributed by atoms with Crippen molar-refractivity contribution in [2.75, 3.05) is 52.5 Å². The normalized spacial score (nSPS) is 11.6. The van der Waals surface area contributed by atoms with Crippen molar-refractivity contribution in [3.8, 4) is 17.2 Å². The number of nitrogens with one attached hydrogen (secondary N) is 3. The van der Waals surface area contributed by atoms with Crippen LogP contribution >= 0.6 is 0 Å². The molecular weight excluding hydrogens is 456 g/mol. The molecule has 12 heteroatoms. The molecule has 12 nitrogen and oxygen atoms in total. The maximum Gasteiger partial charge on any atom is 0.253 e. The van der Waals surface area contributed by atoms with Gasteiger partial charge in [-0.05, 0) is 19.1 Å². The number of benzene rings is 2. The van der Waals surface area contributed by atoms with E-state index in [9.17, 15) is 20.1 Å². The van der Waals surface area contributed by atoms with Gasteiger partial charge in [0.25, 0.3) is 5.91 Å². The van der Waals surface area contributed by atoms with E-state index in [1.165, 1.54) is 25.3 Å². The molecule has 0 spiro atoms. The minimum atomic E-state index is -0.443. The monoisotopic (exact) mass is 486 g/mol. The first kappa shape index (κ1) is 26.0. The van der Waals surface area contributed by atoms with Crippen molar-refractivity contribution in [3.63, 3.8) is 0 Å². The summed E-state index contributed by atoms with van der Waals surface area (Å²) in [6, 6.07) is 2.75. The first-order valence-corrected chi connectivity index (χ1v) is 11.2. The molecule has 0 aliphatic heterocycles. The Morgan fingerprint density at radius 3 is 2.29 bits per heavy atom. The highest BCUT2D eigenvalue weighted by atomic mass is 16.3. The number of phenolic OH excluding ortho intramolecular Hbond substituents is 3. The second kappa shape index (κ2) is 12.2. The lowest BCUT2D eigenvalue weighted by molar-refractivity contribution is 0.0955. The van der Waals surface area contributed by atoms with Gasteiger partial charge in [0.15, 0.2) is 0 Å². The third-order valence-electron chi connectivity index (χ3n) is 5.29. The van der Waals surface area contributed by atoms with Gasteiger partial charge in [0.1, 0.15) is 39.3 Å². The highest BCUT2D eigenvalue weighted by Gasteiger charge is 2.22. The fourth-order valence-electron chi connectivity index (χ4n) is 3.45. The summed E-state index contributed by atoms with van der Waals surface area (Å²) >= 11 is 0. The molecular formula is C23H30N6O6. The Morgan fingerprint density at radius 1 is 0.886 bits per heavy atom. The topological polar surface area (TPSA) is 192 Å². The number of hydrogen-bond acceptors (Lipinski definition) is 11. The average molecular weight is 487 g/mol. The summed E-state index contributed by atoms with van der Waals surface area (Å²) < 4.78 is 0. The molecule has 0 fully saturated rings. The predicted molar refractivity (Wildman–Crippen MR) is 131 cm³/mol. The van der Waals surface area contributed by atoms with Crippen molar-refractivity contribution in [3.05, 3.63) is 28.8 Å².